The third kappa shape index (κ3) is 3.61. The number of nitrogens with zero attached hydrogens (tertiary/aromatic N) is 3. The Bertz CT molecular complexity index is 975. The van der Waals surface area contributed by atoms with Crippen LogP contribution in [-0.2, 0) is 35.3 Å². The fourth-order valence-corrected chi connectivity index (χ4v) is 4.52. The van der Waals surface area contributed by atoms with Gasteiger partial charge in [0.15, 0.2) is 0 Å². The van der Waals surface area contributed by atoms with Gasteiger partial charge in [-0.05, 0) is 31.5 Å². The molecule has 0 bridgehead atoms. The molecule has 0 aliphatic carbocycles. The summed E-state index contributed by atoms with van der Waals surface area (Å²) in [5, 5.41) is 0.275. The van der Waals surface area contributed by atoms with Gasteiger partial charge >= 0.3 is 0 Å². The molecule has 0 atom stereocenters. The molecule has 0 spiro atoms. The van der Waals surface area contributed by atoms with Crippen molar-refractivity contribution >= 4 is 21.6 Å². The van der Waals surface area contributed by atoms with Crippen LogP contribution in [0.2, 0.25) is 5.02 Å². The highest BCUT2D eigenvalue weighted by Gasteiger charge is 2.30. The molecule has 3 rings (SSSR count). The lowest BCUT2D eigenvalue weighted by atomic mass is 10.1. The monoisotopic (exact) mass is 385 g/mol. The summed E-state index contributed by atoms with van der Waals surface area (Å²) in [6.07, 6.45) is 1.72. The summed E-state index contributed by atoms with van der Waals surface area (Å²) in [7, 11) is -3.76. The molecule has 0 radical (unpaired) electrons. The zero-order chi connectivity index (χ0) is 18.2. The minimum absolute atomic E-state index is 0.0135. The summed E-state index contributed by atoms with van der Waals surface area (Å²) in [6.45, 7) is 2.53. The Balaban J connectivity index is 1.87. The molecule has 2 aromatic rings. The first-order valence-corrected chi connectivity index (χ1v) is 9.79. The summed E-state index contributed by atoms with van der Waals surface area (Å²) in [6, 6.07) is 3.82. The molecule has 1 aromatic heterocycles. The Kier molecular flexibility index (Phi) is 4.95. The van der Waals surface area contributed by atoms with E-state index in [0.29, 0.717) is 24.2 Å². The minimum atomic E-state index is -3.76. The lowest BCUT2D eigenvalue weighted by Crippen LogP contribution is -2.40. The Morgan fingerprint density at radius 2 is 2.12 bits per heavy atom. The highest BCUT2D eigenvalue weighted by molar-refractivity contribution is 7.88. The maximum atomic E-state index is 13.8. The van der Waals surface area contributed by atoms with E-state index in [1.807, 2.05) is 6.92 Å². The number of aryl methyl sites for hydroxylation is 1. The van der Waals surface area contributed by atoms with Crippen molar-refractivity contribution in [1.29, 1.82) is 0 Å². The first kappa shape index (κ1) is 18.0. The number of rotatable bonds is 4. The van der Waals surface area contributed by atoms with Crippen molar-refractivity contribution in [3.63, 3.8) is 0 Å². The van der Waals surface area contributed by atoms with E-state index in [1.54, 1.807) is 0 Å². The molecular weight excluding hydrogens is 369 g/mol. The van der Waals surface area contributed by atoms with Crippen LogP contribution < -0.4 is 5.56 Å². The summed E-state index contributed by atoms with van der Waals surface area (Å²) < 4.78 is 41.9. The number of hydrogen-bond acceptors (Lipinski definition) is 4. The van der Waals surface area contributed by atoms with Gasteiger partial charge in [-0.2, -0.15) is 4.31 Å². The van der Waals surface area contributed by atoms with Crippen molar-refractivity contribution < 1.29 is 12.8 Å². The molecule has 9 heteroatoms. The van der Waals surface area contributed by atoms with E-state index in [-0.39, 0.29) is 29.2 Å². The van der Waals surface area contributed by atoms with Crippen molar-refractivity contribution in [2.24, 2.45) is 0 Å². The molecule has 0 N–H and O–H groups in total. The molecule has 0 fully saturated rings. The third-order valence-electron chi connectivity index (χ3n) is 4.24. The largest absolute Gasteiger partial charge is 0.299 e. The van der Waals surface area contributed by atoms with Crippen molar-refractivity contribution in [3.8, 4) is 0 Å². The number of halogens is 2. The number of benzene rings is 1. The Labute approximate surface area is 149 Å². The van der Waals surface area contributed by atoms with Crippen LogP contribution in [0.1, 0.15) is 23.7 Å². The molecule has 0 unspecified atom stereocenters. The molecule has 1 aliphatic heterocycles. The smallest absolute Gasteiger partial charge is 0.256 e. The van der Waals surface area contributed by atoms with Gasteiger partial charge in [-0.15, -0.1) is 0 Å². The van der Waals surface area contributed by atoms with Gasteiger partial charge in [-0.25, -0.2) is 17.8 Å². The van der Waals surface area contributed by atoms with Crippen LogP contribution in [-0.4, -0.2) is 28.8 Å². The second-order valence-corrected chi connectivity index (χ2v) is 8.24. The SMILES string of the molecule is CCn1cnc2c(c1=O)CCN(S(=O)(=O)Cc1cc(Cl)ccc1F)C2. The Morgan fingerprint density at radius 3 is 2.84 bits per heavy atom. The van der Waals surface area contributed by atoms with E-state index >= 15 is 0 Å². The van der Waals surface area contributed by atoms with E-state index in [1.165, 1.54) is 27.3 Å². The van der Waals surface area contributed by atoms with Crippen molar-refractivity contribution in [1.82, 2.24) is 13.9 Å². The fraction of sp³-hybridized carbons (Fsp3) is 0.375. The van der Waals surface area contributed by atoms with Crippen LogP contribution in [0.5, 0.6) is 0 Å². The number of sulfonamides is 1. The molecule has 1 aromatic carbocycles. The molecular formula is C16H17ClFN3O3S. The maximum Gasteiger partial charge on any atom is 0.256 e. The fourth-order valence-electron chi connectivity index (χ4n) is 2.84. The summed E-state index contributed by atoms with van der Waals surface area (Å²) in [5.74, 6) is -1.10. The lowest BCUT2D eigenvalue weighted by Gasteiger charge is -2.27. The molecule has 0 amide bonds. The minimum Gasteiger partial charge on any atom is -0.299 e. The van der Waals surface area contributed by atoms with Crippen LogP contribution in [0.3, 0.4) is 0 Å². The molecule has 25 heavy (non-hydrogen) atoms. The van der Waals surface area contributed by atoms with E-state index in [0.717, 1.165) is 6.07 Å². The van der Waals surface area contributed by atoms with Gasteiger partial charge in [0.2, 0.25) is 10.0 Å². The second-order valence-electron chi connectivity index (χ2n) is 5.84. The zero-order valence-corrected chi connectivity index (χ0v) is 15.1. The van der Waals surface area contributed by atoms with E-state index in [2.05, 4.69) is 4.98 Å². The van der Waals surface area contributed by atoms with Gasteiger partial charge in [0.25, 0.3) is 5.56 Å². The van der Waals surface area contributed by atoms with Gasteiger partial charge in [-0.3, -0.25) is 9.36 Å². The lowest BCUT2D eigenvalue weighted by molar-refractivity contribution is 0.380. The molecule has 0 saturated heterocycles. The first-order valence-electron chi connectivity index (χ1n) is 7.80. The zero-order valence-electron chi connectivity index (χ0n) is 13.6. The van der Waals surface area contributed by atoms with Crippen molar-refractivity contribution in [2.75, 3.05) is 6.54 Å². The van der Waals surface area contributed by atoms with Gasteiger partial charge in [0.1, 0.15) is 5.82 Å². The van der Waals surface area contributed by atoms with Crippen molar-refractivity contribution in [2.45, 2.75) is 32.2 Å². The summed E-state index contributed by atoms with van der Waals surface area (Å²) >= 11 is 5.82. The molecule has 2 heterocycles. The van der Waals surface area contributed by atoms with E-state index in [4.69, 9.17) is 11.6 Å². The molecule has 134 valence electrons. The number of aromatic nitrogens is 2. The third-order valence-corrected chi connectivity index (χ3v) is 6.25. The predicted molar refractivity (Wildman–Crippen MR) is 92.3 cm³/mol. The van der Waals surface area contributed by atoms with Gasteiger partial charge in [-0.1, -0.05) is 11.6 Å². The van der Waals surface area contributed by atoms with Gasteiger partial charge in [0.05, 0.1) is 24.3 Å². The molecule has 1 aliphatic rings. The van der Waals surface area contributed by atoms with Crippen LogP contribution in [0.4, 0.5) is 4.39 Å². The van der Waals surface area contributed by atoms with Crippen LogP contribution in [0.25, 0.3) is 0 Å². The predicted octanol–water partition coefficient (Wildman–Crippen LogP) is 1.94. The molecule has 6 nitrogen and oxygen atoms in total. The van der Waals surface area contributed by atoms with E-state index in [9.17, 15) is 17.6 Å². The van der Waals surface area contributed by atoms with Crippen molar-refractivity contribution in [3.05, 3.63) is 62.5 Å². The van der Waals surface area contributed by atoms with E-state index < -0.39 is 21.6 Å². The molecule has 0 saturated carbocycles. The highest BCUT2D eigenvalue weighted by Crippen LogP contribution is 2.22. The second kappa shape index (κ2) is 6.86. The van der Waals surface area contributed by atoms with Crippen LogP contribution >= 0.6 is 11.6 Å². The first-order chi connectivity index (χ1) is 11.8. The topological polar surface area (TPSA) is 72.3 Å². The van der Waals surface area contributed by atoms with Crippen LogP contribution in [0, 0.1) is 5.82 Å². The summed E-state index contributed by atoms with van der Waals surface area (Å²) in [4.78, 5) is 16.5. The quantitative estimate of drug-likeness (QED) is 0.806. The standard InChI is InChI=1S/C16H17ClFN3O3S/c1-2-20-10-19-15-8-21(6-5-13(15)16(20)22)25(23,24)9-11-7-12(17)3-4-14(11)18/h3-4,7,10H,2,5-6,8-9H2,1H3. The normalized spacial score (nSPS) is 15.2. The van der Waals surface area contributed by atoms with Gasteiger partial charge < -0.3 is 0 Å². The Morgan fingerprint density at radius 1 is 1.36 bits per heavy atom. The average molecular weight is 386 g/mol. The number of hydrogen-bond donors (Lipinski definition) is 0. The van der Waals surface area contributed by atoms with Crippen LogP contribution in [0.15, 0.2) is 29.3 Å². The summed E-state index contributed by atoms with van der Waals surface area (Å²) in [5.41, 5.74) is 0.888. The van der Waals surface area contributed by atoms with Gasteiger partial charge in [0, 0.05) is 29.2 Å². The average Bonchev–Trinajstić information content (AvgIpc) is 2.58. The Hall–Kier alpha value is -1.77. The highest BCUT2D eigenvalue weighted by atomic mass is 35.5. The number of fused-ring (bicyclic) bond motifs is 1. The maximum absolute atomic E-state index is 13.8.